The molecule has 5 heteroatoms. The number of benzene rings is 1. The molecule has 2 atom stereocenters. The summed E-state index contributed by atoms with van der Waals surface area (Å²) in [4.78, 5) is 11.0. The Balaban J connectivity index is 2.14. The zero-order valence-corrected chi connectivity index (χ0v) is 9.12. The van der Waals surface area contributed by atoms with Crippen LogP contribution in [0.25, 0.3) is 0 Å². The highest BCUT2D eigenvalue weighted by molar-refractivity contribution is 5.79. The molecule has 1 aliphatic rings. The molecule has 92 valence electrons. The van der Waals surface area contributed by atoms with E-state index in [0.717, 1.165) is 18.2 Å². The van der Waals surface area contributed by atoms with Gasteiger partial charge in [0.15, 0.2) is 0 Å². The molecule has 1 aromatic carbocycles. The van der Waals surface area contributed by atoms with Crippen LogP contribution in [-0.4, -0.2) is 17.6 Å². The molecule has 0 radical (unpaired) electrons. The molecule has 0 amide bonds. The van der Waals surface area contributed by atoms with E-state index in [1.165, 1.54) is 0 Å². The molecule has 1 fully saturated rings. The summed E-state index contributed by atoms with van der Waals surface area (Å²) >= 11 is 0. The summed E-state index contributed by atoms with van der Waals surface area (Å²) in [6.07, 6.45) is 0.641. The van der Waals surface area contributed by atoms with Gasteiger partial charge in [-0.1, -0.05) is 0 Å². The number of hydrogen-bond acceptors (Lipinski definition) is 2. The fraction of sp³-hybridized carbons (Fsp3) is 0.417. The molecule has 17 heavy (non-hydrogen) atoms. The van der Waals surface area contributed by atoms with E-state index in [1.807, 2.05) is 0 Å². The Morgan fingerprint density at radius 2 is 2.24 bits per heavy atom. The predicted molar refractivity (Wildman–Crippen MR) is 57.3 cm³/mol. The third-order valence-corrected chi connectivity index (χ3v) is 3.50. The van der Waals surface area contributed by atoms with Crippen LogP contribution < -0.4 is 5.73 Å². The molecule has 0 saturated heterocycles. The van der Waals surface area contributed by atoms with Gasteiger partial charge in [0.25, 0.3) is 0 Å². The lowest BCUT2D eigenvalue weighted by atomic mass is 9.99. The lowest BCUT2D eigenvalue weighted by Crippen LogP contribution is -2.27. The number of aliphatic carboxylic acids is 1. The molecule has 0 spiro atoms. The van der Waals surface area contributed by atoms with Crippen molar-refractivity contribution >= 4 is 5.97 Å². The van der Waals surface area contributed by atoms with Crippen LogP contribution in [-0.2, 0) is 11.2 Å². The largest absolute Gasteiger partial charge is 0.481 e. The van der Waals surface area contributed by atoms with E-state index in [0.29, 0.717) is 6.42 Å². The monoisotopic (exact) mass is 241 g/mol. The van der Waals surface area contributed by atoms with Crippen molar-refractivity contribution in [2.45, 2.75) is 12.8 Å². The first-order chi connectivity index (χ1) is 7.99. The second kappa shape index (κ2) is 4.07. The number of halogens is 2. The van der Waals surface area contributed by atoms with Crippen LogP contribution in [0, 0.1) is 23.0 Å². The highest BCUT2D eigenvalue weighted by Gasteiger charge is 2.59. The van der Waals surface area contributed by atoms with Crippen molar-refractivity contribution in [1.29, 1.82) is 0 Å². The first-order valence-electron chi connectivity index (χ1n) is 5.37. The van der Waals surface area contributed by atoms with Crippen molar-refractivity contribution in [3.05, 3.63) is 35.4 Å². The first kappa shape index (κ1) is 12.0. The average molecular weight is 241 g/mol. The van der Waals surface area contributed by atoms with Gasteiger partial charge in [0, 0.05) is 6.54 Å². The molecule has 2 rings (SSSR count). The highest BCUT2D eigenvalue weighted by atomic mass is 19.1. The SMILES string of the molecule is NCC1(C(=O)O)CC1Cc1cc(F)ccc1F. The summed E-state index contributed by atoms with van der Waals surface area (Å²) < 4.78 is 26.3. The third-order valence-electron chi connectivity index (χ3n) is 3.50. The van der Waals surface area contributed by atoms with Crippen LogP contribution in [0.5, 0.6) is 0 Å². The number of hydrogen-bond donors (Lipinski definition) is 2. The van der Waals surface area contributed by atoms with Crippen LogP contribution >= 0.6 is 0 Å². The van der Waals surface area contributed by atoms with Crippen LogP contribution in [0.4, 0.5) is 8.78 Å². The minimum Gasteiger partial charge on any atom is -0.481 e. The van der Waals surface area contributed by atoms with Crippen LogP contribution in [0.1, 0.15) is 12.0 Å². The molecule has 3 N–H and O–H groups in total. The summed E-state index contributed by atoms with van der Waals surface area (Å²) in [5.41, 5.74) is 4.70. The second-order valence-corrected chi connectivity index (χ2v) is 4.51. The lowest BCUT2D eigenvalue weighted by Gasteiger charge is -2.09. The topological polar surface area (TPSA) is 63.3 Å². The van der Waals surface area contributed by atoms with E-state index in [9.17, 15) is 13.6 Å². The molecule has 0 aromatic heterocycles. The maximum absolute atomic E-state index is 13.4. The molecule has 0 aliphatic heterocycles. The lowest BCUT2D eigenvalue weighted by molar-refractivity contribution is -0.143. The molecule has 3 nitrogen and oxygen atoms in total. The second-order valence-electron chi connectivity index (χ2n) is 4.51. The Morgan fingerprint density at radius 3 is 2.76 bits per heavy atom. The van der Waals surface area contributed by atoms with Gasteiger partial charge >= 0.3 is 5.97 Å². The Kier molecular flexibility index (Phi) is 2.87. The van der Waals surface area contributed by atoms with Crippen molar-refractivity contribution in [3.8, 4) is 0 Å². The van der Waals surface area contributed by atoms with Crippen molar-refractivity contribution < 1.29 is 18.7 Å². The van der Waals surface area contributed by atoms with Gasteiger partial charge in [-0.25, -0.2) is 8.78 Å². The van der Waals surface area contributed by atoms with Crippen molar-refractivity contribution in [3.63, 3.8) is 0 Å². The number of carbonyl (C=O) groups is 1. The van der Waals surface area contributed by atoms with Gasteiger partial charge in [-0.2, -0.15) is 0 Å². The number of carboxylic acids is 1. The maximum atomic E-state index is 13.4. The number of rotatable bonds is 4. The van der Waals surface area contributed by atoms with E-state index >= 15 is 0 Å². The summed E-state index contributed by atoms with van der Waals surface area (Å²) in [7, 11) is 0. The average Bonchev–Trinajstić information content (AvgIpc) is 2.98. The Bertz CT molecular complexity index is 464. The van der Waals surface area contributed by atoms with Crippen LogP contribution in [0.15, 0.2) is 18.2 Å². The summed E-state index contributed by atoms with van der Waals surface area (Å²) in [5, 5.41) is 9.03. The normalized spacial score (nSPS) is 26.9. The molecule has 0 heterocycles. The van der Waals surface area contributed by atoms with Crippen molar-refractivity contribution in [2.75, 3.05) is 6.54 Å². The van der Waals surface area contributed by atoms with E-state index in [-0.39, 0.29) is 24.4 Å². The third kappa shape index (κ3) is 2.02. The fourth-order valence-electron chi connectivity index (χ4n) is 2.21. The van der Waals surface area contributed by atoms with Gasteiger partial charge in [0.05, 0.1) is 5.41 Å². The van der Waals surface area contributed by atoms with Gasteiger partial charge in [-0.05, 0) is 42.5 Å². The Labute approximate surface area is 97.2 Å². The number of nitrogens with two attached hydrogens (primary N) is 1. The van der Waals surface area contributed by atoms with E-state index in [1.54, 1.807) is 0 Å². The van der Waals surface area contributed by atoms with E-state index < -0.39 is 23.0 Å². The van der Waals surface area contributed by atoms with Crippen molar-refractivity contribution in [1.82, 2.24) is 0 Å². The molecular formula is C12H13F2NO2. The zero-order chi connectivity index (χ0) is 12.6. The molecule has 0 bridgehead atoms. The summed E-state index contributed by atoms with van der Waals surface area (Å²) in [5.74, 6) is -2.19. The quantitative estimate of drug-likeness (QED) is 0.840. The molecule has 1 aromatic rings. The summed E-state index contributed by atoms with van der Waals surface area (Å²) in [6.45, 7) is 0.0317. The minimum absolute atomic E-state index is 0.0317. The zero-order valence-electron chi connectivity index (χ0n) is 9.12. The molecule has 2 unspecified atom stereocenters. The molecular weight excluding hydrogens is 228 g/mol. The molecule has 1 aliphatic carbocycles. The maximum Gasteiger partial charge on any atom is 0.311 e. The van der Waals surface area contributed by atoms with Gasteiger partial charge < -0.3 is 10.8 Å². The Morgan fingerprint density at radius 1 is 1.53 bits per heavy atom. The Hall–Kier alpha value is -1.49. The fourth-order valence-corrected chi connectivity index (χ4v) is 2.21. The van der Waals surface area contributed by atoms with Gasteiger partial charge in [-0.3, -0.25) is 4.79 Å². The number of carboxylic acid groups (broad SMARTS) is 1. The van der Waals surface area contributed by atoms with E-state index in [2.05, 4.69) is 0 Å². The highest BCUT2D eigenvalue weighted by Crippen LogP contribution is 2.53. The van der Waals surface area contributed by atoms with Crippen LogP contribution in [0.3, 0.4) is 0 Å². The van der Waals surface area contributed by atoms with Crippen LogP contribution in [0.2, 0.25) is 0 Å². The summed E-state index contributed by atoms with van der Waals surface area (Å²) in [6, 6.07) is 3.20. The van der Waals surface area contributed by atoms with Gasteiger partial charge in [-0.15, -0.1) is 0 Å². The first-order valence-corrected chi connectivity index (χ1v) is 5.37. The predicted octanol–water partition coefficient (Wildman–Crippen LogP) is 1.56. The minimum atomic E-state index is -0.957. The standard InChI is InChI=1S/C12H13F2NO2/c13-9-1-2-10(14)7(4-9)3-8-5-12(8,6-15)11(16)17/h1-2,4,8H,3,5-6,15H2,(H,16,17). The van der Waals surface area contributed by atoms with Crippen molar-refractivity contribution in [2.24, 2.45) is 17.1 Å². The molecule has 1 saturated carbocycles. The van der Waals surface area contributed by atoms with Gasteiger partial charge in [0.2, 0.25) is 0 Å². The smallest absolute Gasteiger partial charge is 0.311 e. The van der Waals surface area contributed by atoms with Gasteiger partial charge in [0.1, 0.15) is 11.6 Å². The van der Waals surface area contributed by atoms with E-state index in [4.69, 9.17) is 10.8 Å².